The minimum absolute atomic E-state index is 0.215. The molecule has 2 aliphatic heterocycles. The average molecular weight is 378 g/mol. The number of nitrogens with one attached hydrogen (secondary N) is 1. The van der Waals surface area contributed by atoms with Crippen LogP contribution in [0.3, 0.4) is 0 Å². The summed E-state index contributed by atoms with van der Waals surface area (Å²) in [4.78, 5) is 22.9. The van der Waals surface area contributed by atoms with Crippen LogP contribution in [0.4, 0.5) is 5.69 Å². The van der Waals surface area contributed by atoms with Gasteiger partial charge < -0.3 is 14.4 Å². The van der Waals surface area contributed by atoms with Gasteiger partial charge in [0.05, 0.1) is 15.7 Å². The van der Waals surface area contributed by atoms with Crippen molar-refractivity contribution in [2.75, 3.05) is 18.7 Å². The van der Waals surface area contributed by atoms with Crippen molar-refractivity contribution in [1.82, 2.24) is 10.3 Å². The Hall–Kier alpha value is -3.39. The van der Waals surface area contributed by atoms with E-state index in [2.05, 4.69) is 15.3 Å². The first-order valence-corrected chi connectivity index (χ1v) is 9.14. The molecule has 3 aromatic rings. The number of aromatic nitrogens is 1. The average Bonchev–Trinajstić information content (AvgIpc) is 3.40. The summed E-state index contributed by atoms with van der Waals surface area (Å²) >= 11 is 1.58. The maximum atomic E-state index is 12.3. The molecule has 0 saturated heterocycles. The molecular formula is C19H14N4O3S. The lowest BCUT2D eigenvalue weighted by molar-refractivity contribution is -0.115. The zero-order valence-corrected chi connectivity index (χ0v) is 15.1. The number of carbonyl (C=O) groups is 1. The van der Waals surface area contributed by atoms with Gasteiger partial charge >= 0.3 is 0 Å². The van der Waals surface area contributed by atoms with E-state index in [1.165, 1.54) is 0 Å². The number of fused-ring (bicyclic) bond motifs is 2. The third-order valence-corrected chi connectivity index (χ3v) is 5.20. The molecule has 8 heteroatoms. The van der Waals surface area contributed by atoms with Crippen molar-refractivity contribution in [1.29, 1.82) is 0 Å². The minimum atomic E-state index is -0.242. The van der Waals surface area contributed by atoms with E-state index in [0.717, 1.165) is 21.5 Å². The van der Waals surface area contributed by atoms with Crippen LogP contribution in [0.15, 0.2) is 52.6 Å². The molecule has 0 aliphatic carbocycles. The van der Waals surface area contributed by atoms with E-state index in [4.69, 9.17) is 9.47 Å². The van der Waals surface area contributed by atoms with E-state index in [1.54, 1.807) is 17.4 Å². The molecule has 1 aromatic heterocycles. The summed E-state index contributed by atoms with van der Waals surface area (Å²) < 4.78 is 11.8. The molecule has 1 amide bonds. The summed E-state index contributed by atoms with van der Waals surface area (Å²) in [6.07, 6.45) is 1.73. The maximum Gasteiger partial charge on any atom is 0.276 e. The van der Waals surface area contributed by atoms with E-state index in [0.29, 0.717) is 23.2 Å². The highest BCUT2D eigenvalue weighted by Crippen LogP contribution is 2.33. The summed E-state index contributed by atoms with van der Waals surface area (Å²) in [7, 11) is 1.87. The summed E-state index contributed by atoms with van der Waals surface area (Å²) in [5, 5.41) is 2.82. The zero-order chi connectivity index (χ0) is 18.4. The molecular weight excluding hydrogens is 364 g/mol. The first-order valence-electron chi connectivity index (χ1n) is 8.26. The largest absolute Gasteiger partial charge is 0.454 e. The second-order valence-electron chi connectivity index (χ2n) is 6.10. The fourth-order valence-electron chi connectivity index (χ4n) is 2.95. The number of amides is 1. The van der Waals surface area contributed by atoms with Crippen LogP contribution in [-0.2, 0) is 4.79 Å². The van der Waals surface area contributed by atoms with Crippen LogP contribution >= 0.6 is 11.3 Å². The van der Waals surface area contributed by atoms with E-state index in [-0.39, 0.29) is 12.7 Å². The molecule has 0 unspecified atom stereocenters. The van der Waals surface area contributed by atoms with Crippen LogP contribution in [-0.4, -0.2) is 30.7 Å². The lowest BCUT2D eigenvalue weighted by Gasteiger charge is -2.18. The number of anilines is 1. The Morgan fingerprint density at radius 1 is 1.19 bits per heavy atom. The lowest BCUT2D eigenvalue weighted by Crippen LogP contribution is -2.37. The van der Waals surface area contributed by atoms with Gasteiger partial charge in [-0.2, -0.15) is 0 Å². The normalized spacial score (nSPS) is 16.7. The highest BCUT2D eigenvalue weighted by atomic mass is 32.1. The van der Waals surface area contributed by atoms with E-state index in [9.17, 15) is 4.79 Å². The minimum Gasteiger partial charge on any atom is -0.454 e. The van der Waals surface area contributed by atoms with Crippen LogP contribution in [0.5, 0.6) is 11.5 Å². The van der Waals surface area contributed by atoms with Crippen molar-refractivity contribution in [3.8, 4) is 11.5 Å². The molecule has 0 spiro atoms. The summed E-state index contributed by atoms with van der Waals surface area (Å²) in [5.74, 6) is 1.61. The van der Waals surface area contributed by atoms with Crippen LogP contribution in [0, 0.1) is 0 Å². The first-order chi connectivity index (χ1) is 13.2. The Balaban J connectivity index is 1.44. The van der Waals surface area contributed by atoms with Crippen molar-refractivity contribution in [2.24, 2.45) is 4.99 Å². The quantitative estimate of drug-likeness (QED) is 0.694. The summed E-state index contributed by atoms with van der Waals surface area (Å²) in [6.45, 7) is 0.215. The third-order valence-electron chi connectivity index (χ3n) is 4.40. The molecule has 5 rings (SSSR count). The van der Waals surface area contributed by atoms with Crippen molar-refractivity contribution >= 4 is 45.2 Å². The molecule has 0 saturated carbocycles. The highest BCUT2D eigenvalue weighted by Gasteiger charge is 2.24. The SMILES string of the molecule is CN(C1=N/C(=C\c2ccc3c(c2)OCO3)C(=O)N1)c1ccc2ncsc2c1. The van der Waals surface area contributed by atoms with Gasteiger partial charge in [-0.25, -0.2) is 9.98 Å². The monoisotopic (exact) mass is 378 g/mol. The van der Waals surface area contributed by atoms with Gasteiger partial charge in [0.25, 0.3) is 5.91 Å². The lowest BCUT2D eigenvalue weighted by atomic mass is 10.1. The van der Waals surface area contributed by atoms with Gasteiger partial charge in [-0.1, -0.05) is 6.07 Å². The van der Waals surface area contributed by atoms with Gasteiger partial charge in [0.15, 0.2) is 11.5 Å². The van der Waals surface area contributed by atoms with Gasteiger partial charge in [-0.15, -0.1) is 11.3 Å². The number of rotatable bonds is 2. The van der Waals surface area contributed by atoms with Crippen molar-refractivity contribution in [3.63, 3.8) is 0 Å². The molecule has 0 atom stereocenters. The number of hydrogen-bond acceptors (Lipinski definition) is 7. The molecule has 0 bridgehead atoms. The highest BCUT2D eigenvalue weighted by molar-refractivity contribution is 7.16. The number of carbonyl (C=O) groups excluding carboxylic acids is 1. The predicted octanol–water partition coefficient (Wildman–Crippen LogP) is 2.99. The number of thiazole rings is 1. The van der Waals surface area contributed by atoms with Crippen molar-refractivity contribution in [3.05, 3.63) is 53.2 Å². The number of benzene rings is 2. The molecule has 27 heavy (non-hydrogen) atoms. The predicted molar refractivity (Wildman–Crippen MR) is 104 cm³/mol. The number of aliphatic imine (C=N–C) groups is 1. The van der Waals surface area contributed by atoms with Gasteiger partial charge in [-0.3, -0.25) is 10.1 Å². The molecule has 3 heterocycles. The Kier molecular flexibility index (Phi) is 3.58. The van der Waals surface area contributed by atoms with Crippen LogP contribution in [0.25, 0.3) is 16.3 Å². The van der Waals surface area contributed by atoms with Crippen LogP contribution < -0.4 is 19.7 Å². The molecule has 7 nitrogen and oxygen atoms in total. The van der Waals surface area contributed by atoms with Gasteiger partial charge in [0.2, 0.25) is 12.8 Å². The molecule has 0 fully saturated rings. The number of hydrogen-bond donors (Lipinski definition) is 1. The Morgan fingerprint density at radius 3 is 3.00 bits per heavy atom. The standard InChI is InChI=1S/C19H14N4O3S/c1-23(12-3-4-13-17(8-12)27-9-20-13)19-21-14(18(24)22-19)6-11-2-5-15-16(7-11)26-10-25-15/h2-9H,10H2,1H3,(H,21,22,24)/b14-6-. The fourth-order valence-corrected chi connectivity index (χ4v) is 3.66. The van der Waals surface area contributed by atoms with E-state index in [1.807, 2.05) is 53.9 Å². The number of guanidine groups is 1. The zero-order valence-electron chi connectivity index (χ0n) is 14.3. The first kappa shape index (κ1) is 15.8. The third kappa shape index (κ3) is 2.80. The molecule has 134 valence electrons. The number of ether oxygens (including phenoxy) is 2. The van der Waals surface area contributed by atoms with Gasteiger partial charge in [0, 0.05) is 12.7 Å². The second-order valence-corrected chi connectivity index (χ2v) is 6.98. The smallest absolute Gasteiger partial charge is 0.276 e. The van der Waals surface area contributed by atoms with E-state index >= 15 is 0 Å². The van der Waals surface area contributed by atoms with Gasteiger partial charge in [-0.05, 0) is 42.0 Å². The maximum absolute atomic E-state index is 12.3. The molecule has 2 aromatic carbocycles. The molecule has 1 N–H and O–H groups in total. The van der Waals surface area contributed by atoms with Crippen LogP contribution in [0.1, 0.15) is 5.56 Å². The van der Waals surface area contributed by atoms with E-state index < -0.39 is 0 Å². The Morgan fingerprint density at radius 2 is 2.07 bits per heavy atom. The van der Waals surface area contributed by atoms with Crippen molar-refractivity contribution in [2.45, 2.75) is 0 Å². The van der Waals surface area contributed by atoms with Gasteiger partial charge in [0.1, 0.15) is 5.70 Å². The topological polar surface area (TPSA) is 76.1 Å². The summed E-state index contributed by atoms with van der Waals surface area (Å²) in [5.41, 5.74) is 4.86. The second kappa shape index (κ2) is 6.10. The molecule has 2 aliphatic rings. The fraction of sp³-hybridized carbons (Fsp3) is 0.105. The van der Waals surface area contributed by atoms with Crippen molar-refractivity contribution < 1.29 is 14.3 Å². The Labute approximate surface area is 158 Å². The molecule has 0 radical (unpaired) electrons. The van der Waals surface area contributed by atoms with Crippen LogP contribution in [0.2, 0.25) is 0 Å². The summed E-state index contributed by atoms with van der Waals surface area (Å²) in [6, 6.07) is 11.5. The number of nitrogens with zero attached hydrogens (tertiary/aromatic N) is 3. The Bertz CT molecular complexity index is 1130.